The van der Waals surface area contributed by atoms with Crippen molar-refractivity contribution < 1.29 is 28.8 Å². The van der Waals surface area contributed by atoms with Crippen LogP contribution in [0, 0.1) is 0 Å². The SMILES string of the molecule is CC(=O)Nc1cc2c(-c3cc(OCC4(O)COC4)c4c(n3)C3(CCOC3)OCC4)c[nH]c2cn1. The summed E-state index contributed by atoms with van der Waals surface area (Å²) in [7, 11) is 0. The summed E-state index contributed by atoms with van der Waals surface area (Å²) in [5.41, 5.74) is 2.61. The fourth-order valence-corrected chi connectivity index (χ4v) is 4.81. The maximum atomic E-state index is 11.5. The van der Waals surface area contributed by atoms with E-state index in [1.54, 1.807) is 6.20 Å². The van der Waals surface area contributed by atoms with Crippen molar-refractivity contribution >= 4 is 22.6 Å². The van der Waals surface area contributed by atoms with E-state index in [9.17, 15) is 9.90 Å². The normalized spacial score (nSPS) is 23.0. The minimum atomic E-state index is -0.977. The molecule has 6 rings (SSSR count). The Kier molecular flexibility index (Phi) is 5.07. The predicted molar refractivity (Wildman–Crippen MR) is 122 cm³/mol. The Balaban J connectivity index is 1.47. The van der Waals surface area contributed by atoms with Gasteiger partial charge in [-0.15, -0.1) is 0 Å². The molecule has 0 bridgehead atoms. The predicted octanol–water partition coefficient (Wildman–Crippen LogP) is 1.91. The number of aromatic nitrogens is 3. The molecule has 0 aliphatic carbocycles. The third-order valence-electron chi connectivity index (χ3n) is 6.61. The molecule has 178 valence electrons. The minimum absolute atomic E-state index is 0.137. The molecule has 10 nitrogen and oxygen atoms in total. The number of hydrogen-bond acceptors (Lipinski definition) is 8. The Morgan fingerprint density at radius 2 is 2.15 bits per heavy atom. The van der Waals surface area contributed by atoms with E-state index in [0.29, 0.717) is 43.5 Å². The highest BCUT2D eigenvalue weighted by Crippen LogP contribution is 2.44. The molecule has 1 amide bonds. The molecule has 3 aromatic heterocycles. The lowest BCUT2D eigenvalue weighted by Gasteiger charge is -2.37. The van der Waals surface area contributed by atoms with Gasteiger partial charge in [0.15, 0.2) is 0 Å². The Hall–Kier alpha value is -3.05. The van der Waals surface area contributed by atoms with Crippen molar-refractivity contribution in [3.8, 4) is 17.0 Å². The molecule has 1 spiro atoms. The second-order valence-corrected chi connectivity index (χ2v) is 9.23. The van der Waals surface area contributed by atoms with Crippen LogP contribution in [-0.2, 0) is 31.0 Å². The van der Waals surface area contributed by atoms with Gasteiger partial charge in [-0.2, -0.15) is 0 Å². The van der Waals surface area contributed by atoms with Crippen molar-refractivity contribution in [3.63, 3.8) is 0 Å². The molecule has 1 unspecified atom stereocenters. The number of carbonyl (C=O) groups excluding carboxylic acids is 1. The van der Waals surface area contributed by atoms with Crippen LogP contribution in [0.4, 0.5) is 5.82 Å². The van der Waals surface area contributed by atoms with E-state index in [4.69, 9.17) is 23.9 Å². The number of rotatable bonds is 5. The quantitative estimate of drug-likeness (QED) is 0.520. The van der Waals surface area contributed by atoms with Crippen molar-refractivity contribution in [2.45, 2.75) is 31.0 Å². The Morgan fingerprint density at radius 3 is 2.88 bits per heavy atom. The molecule has 2 saturated heterocycles. The van der Waals surface area contributed by atoms with E-state index in [-0.39, 0.29) is 25.7 Å². The molecule has 10 heteroatoms. The summed E-state index contributed by atoms with van der Waals surface area (Å²) in [6.45, 7) is 3.71. The molecule has 0 aromatic carbocycles. The highest BCUT2D eigenvalue weighted by molar-refractivity contribution is 5.97. The smallest absolute Gasteiger partial charge is 0.222 e. The van der Waals surface area contributed by atoms with E-state index < -0.39 is 11.2 Å². The third-order valence-corrected chi connectivity index (χ3v) is 6.61. The van der Waals surface area contributed by atoms with Gasteiger partial charge in [0.25, 0.3) is 0 Å². The van der Waals surface area contributed by atoms with Crippen LogP contribution >= 0.6 is 0 Å². The van der Waals surface area contributed by atoms with Gasteiger partial charge >= 0.3 is 0 Å². The number of nitrogens with zero attached hydrogens (tertiary/aromatic N) is 2. The summed E-state index contributed by atoms with van der Waals surface area (Å²) in [4.78, 5) is 24.1. The third kappa shape index (κ3) is 3.63. The highest BCUT2D eigenvalue weighted by atomic mass is 16.6. The van der Waals surface area contributed by atoms with Crippen molar-refractivity contribution in [2.75, 3.05) is 45.0 Å². The first-order valence-electron chi connectivity index (χ1n) is 11.4. The van der Waals surface area contributed by atoms with Crippen LogP contribution in [0.25, 0.3) is 22.2 Å². The first kappa shape index (κ1) is 21.5. The van der Waals surface area contributed by atoms with Crippen LogP contribution < -0.4 is 10.1 Å². The van der Waals surface area contributed by atoms with Crippen molar-refractivity contribution in [1.29, 1.82) is 0 Å². The second kappa shape index (κ2) is 8.02. The van der Waals surface area contributed by atoms with Crippen molar-refractivity contribution in [3.05, 3.63) is 35.8 Å². The van der Waals surface area contributed by atoms with E-state index in [1.165, 1.54) is 6.92 Å². The van der Waals surface area contributed by atoms with E-state index in [2.05, 4.69) is 15.3 Å². The van der Waals surface area contributed by atoms with Crippen LogP contribution in [0.2, 0.25) is 0 Å². The number of aromatic amines is 1. The molecule has 2 fully saturated rings. The number of nitrogens with one attached hydrogen (secondary N) is 2. The van der Waals surface area contributed by atoms with Gasteiger partial charge in [0.05, 0.1) is 49.5 Å². The van der Waals surface area contributed by atoms with Gasteiger partial charge < -0.3 is 34.4 Å². The molecule has 0 radical (unpaired) electrons. The zero-order valence-corrected chi connectivity index (χ0v) is 18.8. The zero-order valence-electron chi connectivity index (χ0n) is 18.8. The van der Waals surface area contributed by atoms with Gasteiger partial charge in [0, 0.05) is 55.1 Å². The fraction of sp³-hybridized carbons (Fsp3) is 0.458. The molecular weight excluding hydrogens is 440 g/mol. The van der Waals surface area contributed by atoms with Crippen LogP contribution in [-0.4, -0.2) is 71.2 Å². The Bertz CT molecular complexity index is 1260. The van der Waals surface area contributed by atoms with Crippen molar-refractivity contribution in [1.82, 2.24) is 15.0 Å². The number of carbonyl (C=O) groups is 1. The molecule has 3 N–H and O–H groups in total. The number of fused-ring (bicyclic) bond motifs is 3. The summed E-state index contributed by atoms with van der Waals surface area (Å²) < 4.78 is 23.3. The summed E-state index contributed by atoms with van der Waals surface area (Å²) in [5.74, 6) is 0.955. The van der Waals surface area contributed by atoms with Gasteiger partial charge in [0.1, 0.15) is 29.4 Å². The number of ether oxygens (including phenoxy) is 4. The molecule has 3 aliphatic heterocycles. The lowest BCUT2D eigenvalue weighted by molar-refractivity contribution is -0.192. The second-order valence-electron chi connectivity index (χ2n) is 9.23. The Morgan fingerprint density at radius 1 is 1.26 bits per heavy atom. The lowest BCUT2D eigenvalue weighted by atomic mass is 9.89. The minimum Gasteiger partial charge on any atom is -0.490 e. The van der Waals surface area contributed by atoms with Gasteiger partial charge in [0.2, 0.25) is 5.91 Å². The molecule has 3 aliphatic rings. The zero-order chi connectivity index (χ0) is 23.3. The number of hydrogen-bond donors (Lipinski definition) is 3. The van der Waals surface area contributed by atoms with Gasteiger partial charge in [-0.3, -0.25) is 4.79 Å². The maximum absolute atomic E-state index is 11.5. The lowest BCUT2D eigenvalue weighted by Crippen LogP contribution is -2.54. The molecule has 6 heterocycles. The van der Waals surface area contributed by atoms with E-state index in [0.717, 1.165) is 34.1 Å². The summed E-state index contributed by atoms with van der Waals surface area (Å²) in [6, 6.07) is 3.74. The average molecular weight is 466 g/mol. The van der Waals surface area contributed by atoms with Crippen molar-refractivity contribution in [2.24, 2.45) is 0 Å². The topological polar surface area (TPSA) is 128 Å². The molecule has 1 atom stereocenters. The average Bonchev–Trinajstić information content (AvgIpc) is 3.44. The van der Waals surface area contributed by atoms with Crippen LogP contribution in [0.1, 0.15) is 24.6 Å². The standard InChI is InChI=1S/C24H26N4O6/c1-14(29)27-21-6-16-17(8-25-19(16)9-26-21)18-7-20(33-12-23(30)10-32-11-23)15-2-4-34-24(22(15)28-18)3-5-31-13-24/h6-9,25,30H,2-5,10-13H2,1H3,(H,26,27,29). The molecular formula is C24H26N4O6. The first-order chi connectivity index (χ1) is 16.4. The fourth-order valence-electron chi connectivity index (χ4n) is 4.81. The molecule has 0 saturated carbocycles. The number of anilines is 1. The van der Waals surface area contributed by atoms with Crippen LogP contribution in [0.3, 0.4) is 0 Å². The molecule has 34 heavy (non-hydrogen) atoms. The van der Waals surface area contributed by atoms with E-state index >= 15 is 0 Å². The maximum Gasteiger partial charge on any atom is 0.222 e. The van der Waals surface area contributed by atoms with Crippen LogP contribution in [0.5, 0.6) is 5.75 Å². The summed E-state index contributed by atoms with van der Waals surface area (Å²) in [5, 5.41) is 14.1. The summed E-state index contributed by atoms with van der Waals surface area (Å²) >= 11 is 0. The molecule has 3 aromatic rings. The number of aliphatic hydroxyl groups is 1. The summed E-state index contributed by atoms with van der Waals surface area (Å²) in [6.07, 6.45) is 4.94. The largest absolute Gasteiger partial charge is 0.490 e. The first-order valence-corrected chi connectivity index (χ1v) is 11.4. The Labute approximate surface area is 195 Å². The number of amides is 1. The monoisotopic (exact) mass is 466 g/mol. The van der Waals surface area contributed by atoms with Gasteiger partial charge in [-0.05, 0) is 6.07 Å². The number of H-pyrrole nitrogens is 1. The van der Waals surface area contributed by atoms with Gasteiger partial charge in [-0.1, -0.05) is 0 Å². The van der Waals surface area contributed by atoms with E-state index in [1.807, 2.05) is 18.3 Å². The van der Waals surface area contributed by atoms with Crippen LogP contribution in [0.15, 0.2) is 24.5 Å². The highest BCUT2D eigenvalue weighted by Gasteiger charge is 2.45. The number of pyridine rings is 2. The van der Waals surface area contributed by atoms with Gasteiger partial charge in [-0.25, -0.2) is 9.97 Å².